The molecule has 0 saturated carbocycles. The van der Waals surface area contributed by atoms with Crippen LogP contribution in [-0.2, 0) is 0 Å². The topological polar surface area (TPSA) is 26.0 Å². The lowest BCUT2D eigenvalue weighted by atomic mass is 10.0. The van der Waals surface area contributed by atoms with Gasteiger partial charge in [-0.15, -0.1) is 0 Å². The first-order chi connectivity index (χ1) is 6.81. The van der Waals surface area contributed by atoms with E-state index in [1.54, 1.807) is 0 Å². The number of nitrogens with two attached hydrogens (primary N) is 1. The molecule has 2 N–H and O–H groups in total. The maximum absolute atomic E-state index is 12.1. The van der Waals surface area contributed by atoms with Gasteiger partial charge < -0.3 is 5.73 Å². The van der Waals surface area contributed by atoms with Gasteiger partial charge in [-0.05, 0) is 11.6 Å². The molecule has 0 aliphatic heterocycles. The summed E-state index contributed by atoms with van der Waals surface area (Å²) in [5.74, 6) is 0. The van der Waals surface area contributed by atoms with Crippen LogP contribution >= 0.6 is 23.2 Å². The highest BCUT2D eigenvalue weighted by molar-refractivity contribution is 6.42. The molecule has 15 heavy (non-hydrogen) atoms. The maximum Gasteiger partial charge on any atom is 0.390 e. The Bertz CT molecular complexity index is 352. The van der Waals surface area contributed by atoms with Crippen LogP contribution in [0.5, 0.6) is 0 Å². The SMILES string of the molecule is N[C@@H](CC(F)(F)F)c1cccc(Cl)c1Cl. The van der Waals surface area contributed by atoms with E-state index < -0.39 is 18.6 Å². The third-order valence-electron chi connectivity index (χ3n) is 1.83. The van der Waals surface area contributed by atoms with E-state index in [1.807, 2.05) is 0 Å². The first-order valence-corrected chi connectivity index (χ1v) is 4.83. The van der Waals surface area contributed by atoms with E-state index in [9.17, 15) is 13.2 Å². The Balaban J connectivity index is 2.92. The van der Waals surface area contributed by atoms with Crippen molar-refractivity contribution in [2.24, 2.45) is 5.73 Å². The van der Waals surface area contributed by atoms with Gasteiger partial charge in [-0.1, -0.05) is 35.3 Å². The minimum absolute atomic E-state index is 0.0796. The molecule has 0 bridgehead atoms. The Labute approximate surface area is 95.0 Å². The number of hydrogen-bond donors (Lipinski definition) is 1. The van der Waals surface area contributed by atoms with Crippen molar-refractivity contribution in [2.45, 2.75) is 18.6 Å². The average Bonchev–Trinajstić information content (AvgIpc) is 2.06. The Morgan fingerprint density at radius 3 is 2.40 bits per heavy atom. The van der Waals surface area contributed by atoms with Gasteiger partial charge in [0.2, 0.25) is 0 Å². The lowest BCUT2D eigenvalue weighted by Crippen LogP contribution is -2.20. The molecule has 0 spiro atoms. The van der Waals surface area contributed by atoms with E-state index >= 15 is 0 Å². The van der Waals surface area contributed by atoms with Crippen molar-refractivity contribution in [3.05, 3.63) is 33.8 Å². The van der Waals surface area contributed by atoms with Gasteiger partial charge in [0.1, 0.15) is 0 Å². The van der Waals surface area contributed by atoms with Gasteiger partial charge >= 0.3 is 6.18 Å². The fourth-order valence-corrected chi connectivity index (χ4v) is 1.61. The first-order valence-electron chi connectivity index (χ1n) is 4.07. The van der Waals surface area contributed by atoms with Crippen LogP contribution in [-0.4, -0.2) is 6.18 Å². The average molecular weight is 258 g/mol. The molecule has 0 fully saturated rings. The predicted octanol–water partition coefficient (Wildman–Crippen LogP) is 3.95. The zero-order valence-electron chi connectivity index (χ0n) is 7.48. The fraction of sp³-hybridized carbons (Fsp3) is 0.333. The summed E-state index contributed by atoms with van der Waals surface area (Å²) in [6, 6.07) is 3.26. The molecule has 1 rings (SSSR count). The highest BCUT2D eigenvalue weighted by atomic mass is 35.5. The summed E-state index contributed by atoms with van der Waals surface area (Å²) in [7, 11) is 0. The van der Waals surface area contributed by atoms with Gasteiger partial charge in [0.05, 0.1) is 16.5 Å². The molecular formula is C9H8Cl2F3N. The molecule has 1 aromatic carbocycles. The van der Waals surface area contributed by atoms with Crippen molar-refractivity contribution in [1.82, 2.24) is 0 Å². The zero-order chi connectivity index (χ0) is 11.6. The Hall–Kier alpha value is -0.450. The van der Waals surface area contributed by atoms with Crippen LogP contribution in [0.4, 0.5) is 13.2 Å². The van der Waals surface area contributed by atoms with E-state index in [4.69, 9.17) is 28.9 Å². The van der Waals surface area contributed by atoms with Crippen LogP contribution in [0.25, 0.3) is 0 Å². The van der Waals surface area contributed by atoms with Crippen molar-refractivity contribution < 1.29 is 13.2 Å². The van der Waals surface area contributed by atoms with Crippen LogP contribution in [0.1, 0.15) is 18.0 Å². The summed E-state index contributed by atoms with van der Waals surface area (Å²) in [6.07, 6.45) is -5.43. The number of hydrogen-bond acceptors (Lipinski definition) is 1. The molecule has 1 nitrogen and oxygen atoms in total. The van der Waals surface area contributed by atoms with Gasteiger partial charge in [0, 0.05) is 6.04 Å². The van der Waals surface area contributed by atoms with Crippen molar-refractivity contribution in [2.75, 3.05) is 0 Å². The van der Waals surface area contributed by atoms with E-state index in [-0.39, 0.29) is 15.6 Å². The summed E-state index contributed by atoms with van der Waals surface area (Å²) in [4.78, 5) is 0. The van der Waals surface area contributed by atoms with Crippen molar-refractivity contribution in [3.63, 3.8) is 0 Å². The molecule has 0 aliphatic carbocycles. The molecule has 0 aliphatic rings. The van der Waals surface area contributed by atoms with Gasteiger partial charge in [0.25, 0.3) is 0 Å². The minimum Gasteiger partial charge on any atom is -0.324 e. The largest absolute Gasteiger partial charge is 0.390 e. The smallest absolute Gasteiger partial charge is 0.324 e. The number of alkyl halides is 3. The van der Waals surface area contributed by atoms with E-state index in [0.717, 1.165) is 0 Å². The van der Waals surface area contributed by atoms with Crippen LogP contribution in [0.15, 0.2) is 18.2 Å². The van der Waals surface area contributed by atoms with Crippen LogP contribution in [0, 0.1) is 0 Å². The summed E-state index contributed by atoms with van der Waals surface area (Å²) >= 11 is 11.4. The molecule has 6 heteroatoms. The normalized spacial score (nSPS) is 14.0. The number of halogens is 5. The summed E-state index contributed by atoms with van der Waals surface area (Å²) in [5, 5.41) is 0.280. The zero-order valence-corrected chi connectivity index (χ0v) is 9.00. The molecule has 1 atom stereocenters. The molecule has 0 saturated heterocycles. The van der Waals surface area contributed by atoms with Gasteiger partial charge in [0.15, 0.2) is 0 Å². The molecule has 0 unspecified atom stereocenters. The fourth-order valence-electron chi connectivity index (χ4n) is 1.17. The quantitative estimate of drug-likeness (QED) is 0.853. The molecule has 0 aromatic heterocycles. The molecule has 1 aromatic rings. The lowest BCUT2D eigenvalue weighted by Gasteiger charge is -2.16. The molecule has 0 heterocycles. The summed E-state index contributed by atoms with van der Waals surface area (Å²) in [5.41, 5.74) is 5.60. The van der Waals surface area contributed by atoms with Crippen LogP contribution in [0.3, 0.4) is 0 Å². The third-order valence-corrected chi connectivity index (χ3v) is 2.67. The second kappa shape index (κ2) is 4.60. The van der Waals surface area contributed by atoms with Crippen molar-refractivity contribution >= 4 is 23.2 Å². The van der Waals surface area contributed by atoms with Gasteiger partial charge in [-0.3, -0.25) is 0 Å². The molecular weight excluding hydrogens is 250 g/mol. The lowest BCUT2D eigenvalue weighted by molar-refractivity contribution is -0.138. The highest BCUT2D eigenvalue weighted by Crippen LogP contribution is 2.34. The molecule has 0 radical (unpaired) electrons. The van der Waals surface area contributed by atoms with Crippen molar-refractivity contribution in [3.8, 4) is 0 Å². The van der Waals surface area contributed by atoms with Crippen molar-refractivity contribution in [1.29, 1.82) is 0 Å². The monoisotopic (exact) mass is 257 g/mol. The number of benzene rings is 1. The Kier molecular flexibility index (Phi) is 3.87. The van der Waals surface area contributed by atoms with Crippen LogP contribution in [0.2, 0.25) is 10.0 Å². The standard InChI is InChI=1S/C9H8Cl2F3N/c10-6-3-1-2-5(8(6)11)7(15)4-9(12,13)14/h1-3,7H,4,15H2/t7-/m0/s1. The highest BCUT2D eigenvalue weighted by Gasteiger charge is 2.31. The summed E-state index contributed by atoms with van der Waals surface area (Å²) < 4.78 is 36.2. The van der Waals surface area contributed by atoms with E-state index in [0.29, 0.717) is 0 Å². The third kappa shape index (κ3) is 3.55. The van der Waals surface area contributed by atoms with E-state index in [1.165, 1.54) is 18.2 Å². The minimum atomic E-state index is -4.31. The molecule has 0 amide bonds. The van der Waals surface area contributed by atoms with Gasteiger partial charge in [-0.25, -0.2) is 0 Å². The second-order valence-corrected chi connectivity index (χ2v) is 3.85. The maximum atomic E-state index is 12.1. The van der Waals surface area contributed by atoms with Crippen LogP contribution < -0.4 is 5.73 Å². The Morgan fingerprint density at radius 2 is 1.87 bits per heavy atom. The molecule has 84 valence electrons. The number of rotatable bonds is 2. The first kappa shape index (κ1) is 12.6. The van der Waals surface area contributed by atoms with Gasteiger partial charge in [-0.2, -0.15) is 13.2 Å². The second-order valence-electron chi connectivity index (χ2n) is 3.07. The predicted molar refractivity (Wildman–Crippen MR) is 54.1 cm³/mol. The Morgan fingerprint density at radius 1 is 1.27 bits per heavy atom. The summed E-state index contributed by atoms with van der Waals surface area (Å²) in [6.45, 7) is 0. The van der Waals surface area contributed by atoms with E-state index in [2.05, 4.69) is 0 Å².